The van der Waals surface area contributed by atoms with Crippen LogP contribution >= 0.6 is 0 Å². The van der Waals surface area contributed by atoms with Crippen molar-refractivity contribution in [2.75, 3.05) is 0 Å². The van der Waals surface area contributed by atoms with E-state index in [9.17, 15) is 0 Å². The molecule has 0 aliphatic heterocycles. The van der Waals surface area contributed by atoms with Crippen LogP contribution in [0.3, 0.4) is 0 Å². The van der Waals surface area contributed by atoms with Gasteiger partial charge in [-0.1, -0.05) is 130 Å². The Hall–Kier alpha value is -0.0800. The Bertz CT molecular complexity index is 835. The molecule has 4 N–H and O–H groups in total. The van der Waals surface area contributed by atoms with Gasteiger partial charge in [0, 0.05) is 9.99 Å². The normalized spacial score (nSPS) is 44.4. The van der Waals surface area contributed by atoms with Crippen LogP contribution in [0.25, 0.3) is 0 Å². The van der Waals surface area contributed by atoms with E-state index >= 15 is 0 Å². The zero-order valence-electron chi connectivity index (χ0n) is 34.3. The molecular weight excluding hydrogens is 609 g/mol. The summed E-state index contributed by atoms with van der Waals surface area (Å²) >= 11 is 0. The van der Waals surface area contributed by atoms with E-state index in [1.165, 1.54) is 51.4 Å². The maximum Gasteiger partial charge on any atom is 0 e. The van der Waals surface area contributed by atoms with E-state index in [0.717, 1.165) is 82.9 Å². The van der Waals surface area contributed by atoms with Crippen molar-refractivity contribution in [3.63, 3.8) is 0 Å². The van der Waals surface area contributed by atoms with Gasteiger partial charge in [-0.25, -0.2) is 0 Å². The molecule has 7 rings (SSSR count). The Kier molecular flexibility index (Phi) is 18.5. The van der Waals surface area contributed by atoms with E-state index in [1.807, 2.05) is 0 Å². The Labute approximate surface area is 323 Å². The minimum Gasteiger partial charge on any atom is -0.412 e. The number of hydrogen-bond donors (Lipinski definition) is 0. The Morgan fingerprint density at radius 3 is 0.580 bits per heavy atom. The zero-order chi connectivity index (χ0) is 33.3. The fourth-order valence-corrected chi connectivity index (χ4v) is 13.5. The van der Waals surface area contributed by atoms with Crippen LogP contribution in [-0.4, -0.2) is 11.0 Å². The fraction of sp³-hybridized carbons (Fsp3) is 1.00. The molecule has 2 nitrogen and oxygen atoms in total. The van der Waals surface area contributed by atoms with Crippen molar-refractivity contribution in [3.05, 3.63) is 0 Å². The Balaban J connectivity index is -0.000000434. The maximum atomic E-state index is 2.47. The molecule has 7 aliphatic carbocycles. The van der Waals surface area contributed by atoms with Crippen molar-refractivity contribution >= 4 is 0 Å². The topological polar surface area (TPSA) is 63.0 Å². The molecule has 0 saturated heterocycles. The summed E-state index contributed by atoms with van der Waals surface area (Å²) in [6, 6.07) is 0. The second-order valence-corrected chi connectivity index (χ2v) is 21.0. The Morgan fingerprint density at radius 2 is 0.380 bits per heavy atom. The molecule has 7 aliphatic rings. The highest BCUT2D eigenvalue weighted by Gasteiger charge is 2.34. The second kappa shape index (κ2) is 21.7. The van der Waals surface area contributed by atoms with Crippen molar-refractivity contribution in [1.29, 1.82) is 0 Å². The predicted molar refractivity (Wildman–Crippen MR) is 232 cm³/mol. The van der Waals surface area contributed by atoms with Gasteiger partial charge in [-0.05, 0) is 173 Å². The van der Waals surface area contributed by atoms with Gasteiger partial charge in [0.1, 0.15) is 0 Å². The first-order valence-electron chi connectivity index (χ1n) is 23.4. The first-order chi connectivity index (χ1) is 23.4. The van der Waals surface area contributed by atoms with Gasteiger partial charge >= 0.3 is 0 Å². The van der Waals surface area contributed by atoms with Crippen LogP contribution in [0, 0.1) is 82.9 Å². The smallest absolute Gasteiger partial charge is 0 e. The molecule has 0 amide bonds. The third-order valence-corrected chi connectivity index (χ3v) is 17.3. The van der Waals surface area contributed by atoms with Crippen molar-refractivity contribution in [2.24, 2.45) is 82.9 Å². The lowest BCUT2D eigenvalue weighted by Crippen LogP contribution is -2.28. The van der Waals surface area contributed by atoms with Gasteiger partial charge in [0.25, 0.3) is 0 Å². The van der Waals surface area contributed by atoms with Gasteiger partial charge in [-0.2, -0.15) is 0 Å². The van der Waals surface area contributed by atoms with Crippen molar-refractivity contribution in [3.8, 4) is 0 Å². The van der Waals surface area contributed by atoms with E-state index in [0.29, 0.717) is 0 Å². The molecule has 0 heterocycles. The summed E-state index contributed by atoms with van der Waals surface area (Å²) in [7, 11) is 0. The Morgan fingerprint density at radius 1 is 0.240 bits per heavy atom. The van der Waals surface area contributed by atoms with Crippen molar-refractivity contribution in [1.82, 2.24) is 0 Å². The monoisotopic (exact) mass is 713 g/mol. The predicted octanol–water partition coefficient (Wildman–Crippen LogP) is 15.5. The molecule has 7 fully saturated rings. The maximum absolute atomic E-state index is 2.47. The third kappa shape index (κ3) is 13.0. The molecule has 50 heavy (non-hydrogen) atoms. The van der Waals surface area contributed by atoms with Gasteiger partial charge in [0.15, 0.2) is 0 Å². The SMILES string of the molecule is CC1CCC(C2CCC(CC3CCC(C4CCC(C)CC4)CC3)CC2)CC1.CC1CCC(CC2CCC(C3CCC(C)CC3)CC2)CC1.O.O.[HH].[HH].[HH].[HH].[HH].[HH].[HH]. The third-order valence-electron chi connectivity index (χ3n) is 17.3. The van der Waals surface area contributed by atoms with Gasteiger partial charge in [0.05, 0.1) is 0 Å². The quantitative estimate of drug-likeness (QED) is 0.252. The molecule has 2 heteroatoms. The average molecular weight is 713 g/mol. The molecule has 7 saturated carbocycles. The van der Waals surface area contributed by atoms with Crippen LogP contribution in [-0.2, 0) is 0 Å². The summed E-state index contributed by atoms with van der Waals surface area (Å²) < 4.78 is 0. The summed E-state index contributed by atoms with van der Waals surface area (Å²) in [5, 5.41) is 0. The first-order valence-corrected chi connectivity index (χ1v) is 23.4. The molecule has 0 spiro atoms. The average Bonchev–Trinajstić information content (AvgIpc) is 3.12. The van der Waals surface area contributed by atoms with Crippen LogP contribution in [0.1, 0.15) is 230 Å². The summed E-state index contributed by atoms with van der Waals surface area (Å²) in [6.07, 6.45) is 46.7. The van der Waals surface area contributed by atoms with Crippen molar-refractivity contribution in [2.45, 2.75) is 220 Å². The highest BCUT2D eigenvalue weighted by molar-refractivity contribution is 4.86. The lowest BCUT2D eigenvalue weighted by atomic mass is 9.66. The van der Waals surface area contributed by atoms with Crippen molar-refractivity contribution < 1.29 is 20.9 Å². The number of rotatable bonds is 7. The highest BCUT2D eigenvalue weighted by atomic mass is 16.0. The molecule has 0 aromatic carbocycles. The molecule has 0 unspecified atom stereocenters. The minimum atomic E-state index is 0. The van der Waals surface area contributed by atoms with Gasteiger partial charge in [-0.15, -0.1) is 0 Å². The molecular formula is C48H104O2. The summed E-state index contributed by atoms with van der Waals surface area (Å²) in [4.78, 5) is 0. The largest absolute Gasteiger partial charge is 0.412 e. The first kappa shape index (κ1) is 42.7. The van der Waals surface area contributed by atoms with Gasteiger partial charge in [-0.3, -0.25) is 0 Å². The molecule has 0 aromatic heterocycles. The highest BCUT2D eigenvalue weighted by Crippen LogP contribution is 2.47. The summed E-state index contributed by atoms with van der Waals surface area (Å²) in [5.41, 5.74) is 0. The van der Waals surface area contributed by atoms with E-state index in [-0.39, 0.29) is 20.9 Å². The van der Waals surface area contributed by atoms with Gasteiger partial charge in [0.2, 0.25) is 0 Å². The molecule has 0 bridgehead atoms. The number of hydrogen-bond acceptors (Lipinski definition) is 0. The van der Waals surface area contributed by atoms with Crippen LogP contribution in [0.5, 0.6) is 0 Å². The molecule has 0 aromatic rings. The molecule has 0 radical (unpaired) electrons. The summed E-state index contributed by atoms with van der Waals surface area (Å²) in [6.45, 7) is 9.85. The second-order valence-electron chi connectivity index (χ2n) is 21.0. The van der Waals surface area contributed by atoms with E-state index < -0.39 is 0 Å². The zero-order valence-corrected chi connectivity index (χ0v) is 34.3. The molecule has 308 valence electrons. The lowest BCUT2D eigenvalue weighted by Gasteiger charge is -2.40. The standard InChI is InChI=1S/C27H48.C21H38.2H2O.7H2/c1-20-3-11-24(12-4-20)26-15-7-22(8-16-26)19-23-9-17-27(18-10-23)25-13-5-21(2)6-14-25;1-16-3-7-18(8-4-16)15-19-9-13-21(14-10-19)20-11-5-17(2)6-12-20;;;;;;;;;/h20-27H,3-19H2,1-2H3;16-21H,3-15H2,1-2H3;2*1H2;7*1H. The van der Waals surface area contributed by atoms with E-state index in [2.05, 4.69) is 27.7 Å². The van der Waals surface area contributed by atoms with Crippen LogP contribution in [0.4, 0.5) is 0 Å². The van der Waals surface area contributed by atoms with E-state index in [4.69, 9.17) is 0 Å². The van der Waals surface area contributed by atoms with Gasteiger partial charge < -0.3 is 11.0 Å². The summed E-state index contributed by atoms with van der Waals surface area (Å²) in [5.74, 6) is 15.1. The minimum absolute atomic E-state index is 0. The van der Waals surface area contributed by atoms with E-state index in [1.54, 1.807) is 141 Å². The van der Waals surface area contributed by atoms with Crippen LogP contribution < -0.4 is 0 Å². The van der Waals surface area contributed by atoms with Crippen LogP contribution in [0.2, 0.25) is 0 Å². The van der Waals surface area contributed by atoms with Crippen LogP contribution in [0.15, 0.2) is 0 Å². The molecule has 0 atom stereocenters. The lowest BCUT2D eigenvalue weighted by molar-refractivity contribution is 0.117. The fourth-order valence-electron chi connectivity index (χ4n) is 13.5.